The summed E-state index contributed by atoms with van der Waals surface area (Å²) in [6, 6.07) is 10.6. The molecule has 0 bridgehead atoms. The molecule has 1 saturated heterocycles. The molecule has 0 atom stereocenters. The summed E-state index contributed by atoms with van der Waals surface area (Å²) in [6.45, 7) is 1.59. The van der Waals surface area contributed by atoms with Crippen LogP contribution in [0.25, 0.3) is 0 Å². The molecule has 27 heavy (non-hydrogen) atoms. The van der Waals surface area contributed by atoms with E-state index in [0.717, 1.165) is 24.7 Å². The van der Waals surface area contributed by atoms with Crippen molar-refractivity contribution in [3.05, 3.63) is 58.5 Å². The zero-order chi connectivity index (χ0) is 19.5. The maximum atomic E-state index is 12.5. The molecule has 1 fully saturated rings. The molecule has 1 aliphatic heterocycles. The second-order valence-electron chi connectivity index (χ2n) is 6.89. The third-order valence-corrected chi connectivity index (χ3v) is 5.91. The molecule has 2 heterocycles. The van der Waals surface area contributed by atoms with Crippen LogP contribution in [-0.2, 0) is 25.7 Å². The molecule has 0 saturated carbocycles. The summed E-state index contributed by atoms with van der Waals surface area (Å²) < 4.78 is 33.6. The van der Waals surface area contributed by atoms with Crippen molar-refractivity contribution in [1.82, 2.24) is 5.32 Å². The second-order valence-corrected chi connectivity index (χ2v) is 9.44. The van der Waals surface area contributed by atoms with Crippen molar-refractivity contribution >= 4 is 27.3 Å². The van der Waals surface area contributed by atoms with Gasteiger partial charge in [0.15, 0.2) is 15.6 Å². The highest BCUT2D eigenvalue weighted by Crippen LogP contribution is 2.38. The Balaban J connectivity index is 1.74. The molecule has 1 amide bonds. The summed E-state index contributed by atoms with van der Waals surface area (Å²) >= 11 is 6.42. The van der Waals surface area contributed by atoms with E-state index in [9.17, 15) is 13.2 Å². The average Bonchev–Trinajstić information content (AvgIpc) is 3.07. The number of hydrogen-bond acceptors (Lipinski definition) is 5. The van der Waals surface area contributed by atoms with Gasteiger partial charge in [-0.1, -0.05) is 29.8 Å². The first-order valence-electron chi connectivity index (χ1n) is 8.66. The number of amides is 1. The van der Waals surface area contributed by atoms with Crippen LogP contribution in [-0.4, -0.2) is 40.3 Å². The van der Waals surface area contributed by atoms with Crippen molar-refractivity contribution in [3.8, 4) is 0 Å². The highest BCUT2D eigenvalue weighted by Gasteiger charge is 2.36. The topological polar surface area (TPSA) is 85.6 Å². The lowest BCUT2D eigenvalue weighted by Gasteiger charge is -2.38. The molecule has 1 N–H and O–H groups in total. The minimum atomic E-state index is -3.22. The summed E-state index contributed by atoms with van der Waals surface area (Å²) in [6.07, 6.45) is 2.61. The quantitative estimate of drug-likeness (QED) is 0.789. The maximum Gasteiger partial charge on any atom is 0.287 e. The van der Waals surface area contributed by atoms with Crippen LogP contribution in [0.3, 0.4) is 0 Å². The molecule has 0 spiro atoms. The van der Waals surface area contributed by atoms with Gasteiger partial charge in [-0.15, -0.1) is 0 Å². The van der Waals surface area contributed by atoms with Crippen LogP contribution in [0.1, 0.15) is 34.7 Å². The zero-order valence-corrected chi connectivity index (χ0v) is 16.6. The summed E-state index contributed by atoms with van der Waals surface area (Å²) in [5, 5.41) is 3.58. The van der Waals surface area contributed by atoms with Gasteiger partial charge in [-0.3, -0.25) is 4.79 Å². The van der Waals surface area contributed by atoms with Crippen molar-refractivity contribution in [1.29, 1.82) is 0 Å². The van der Waals surface area contributed by atoms with Crippen LogP contribution < -0.4 is 5.32 Å². The van der Waals surface area contributed by atoms with Crippen LogP contribution in [0.4, 0.5) is 0 Å². The lowest BCUT2D eigenvalue weighted by molar-refractivity contribution is 0.0485. The lowest BCUT2D eigenvalue weighted by Crippen LogP contribution is -2.44. The van der Waals surface area contributed by atoms with Gasteiger partial charge >= 0.3 is 0 Å². The fourth-order valence-electron chi connectivity index (χ4n) is 3.37. The fourth-order valence-corrected chi connectivity index (χ4v) is 4.38. The Morgan fingerprint density at radius 1 is 1.19 bits per heavy atom. The number of sulfone groups is 1. The number of nitrogens with one attached hydrogen (secondary N) is 1. The summed E-state index contributed by atoms with van der Waals surface area (Å²) in [4.78, 5) is 12.5. The van der Waals surface area contributed by atoms with Crippen molar-refractivity contribution in [2.75, 3.05) is 26.0 Å². The molecule has 146 valence electrons. The first-order chi connectivity index (χ1) is 12.8. The van der Waals surface area contributed by atoms with E-state index in [4.69, 9.17) is 20.8 Å². The van der Waals surface area contributed by atoms with Gasteiger partial charge in [0.05, 0.1) is 0 Å². The highest BCUT2D eigenvalue weighted by atomic mass is 35.5. The molecule has 0 aliphatic carbocycles. The zero-order valence-electron chi connectivity index (χ0n) is 15.0. The van der Waals surface area contributed by atoms with Crippen LogP contribution >= 0.6 is 11.6 Å². The third-order valence-electron chi connectivity index (χ3n) is 4.77. The molecular weight excluding hydrogens is 390 g/mol. The molecule has 0 radical (unpaired) electrons. The van der Waals surface area contributed by atoms with Gasteiger partial charge in [-0.2, -0.15) is 0 Å². The molecule has 3 rings (SSSR count). The molecular formula is C19H22ClNO5S. The van der Waals surface area contributed by atoms with Gasteiger partial charge in [0, 0.05) is 36.5 Å². The van der Waals surface area contributed by atoms with Crippen molar-refractivity contribution in [2.45, 2.75) is 24.0 Å². The number of furan rings is 1. The second kappa shape index (κ2) is 8.04. The van der Waals surface area contributed by atoms with Gasteiger partial charge < -0.3 is 14.5 Å². The maximum absolute atomic E-state index is 12.5. The Morgan fingerprint density at radius 3 is 2.56 bits per heavy atom. The van der Waals surface area contributed by atoms with Gasteiger partial charge in [-0.25, -0.2) is 8.42 Å². The smallest absolute Gasteiger partial charge is 0.287 e. The Morgan fingerprint density at radius 2 is 1.89 bits per heavy atom. The Hall–Kier alpha value is -1.83. The standard InChI is InChI=1S/C19H22ClNO5S/c1-27(23,24)12-14-6-7-17(26-14)18(22)21-13-19(8-10-25-11-9-19)15-4-2-3-5-16(15)20/h2-7H,8-13H2,1H3,(H,21,22). The molecule has 1 aliphatic rings. The normalized spacial score (nSPS) is 16.8. The number of hydrogen-bond donors (Lipinski definition) is 1. The van der Waals surface area contributed by atoms with Gasteiger partial charge in [0.1, 0.15) is 11.5 Å². The Kier molecular flexibility index (Phi) is 5.93. The van der Waals surface area contributed by atoms with E-state index >= 15 is 0 Å². The van der Waals surface area contributed by atoms with E-state index < -0.39 is 9.84 Å². The molecule has 8 heteroatoms. The first-order valence-corrected chi connectivity index (χ1v) is 11.1. The molecule has 1 aromatic carbocycles. The molecule has 2 aromatic rings. The molecule has 1 aromatic heterocycles. The predicted molar refractivity (Wildman–Crippen MR) is 103 cm³/mol. The lowest BCUT2D eigenvalue weighted by atomic mass is 9.74. The van der Waals surface area contributed by atoms with Gasteiger partial charge in [-0.05, 0) is 36.6 Å². The van der Waals surface area contributed by atoms with Crippen molar-refractivity contribution in [2.24, 2.45) is 0 Å². The van der Waals surface area contributed by atoms with Crippen LogP contribution in [0.2, 0.25) is 5.02 Å². The van der Waals surface area contributed by atoms with E-state index in [1.54, 1.807) is 0 Å². The van der Waals surface area contributed by atoms with E-state index in [1.165, 1.54) is 12.1 Å². The SMILES string of the molecule is CS(=O)(=O)Cc1ccc(C(=O)NCC2(c3ccccc3Cl)CCOCC2)o1. The number of ether oxygens (including phenoxy) is 1. The molecule has 0 unspecified atom stereocenters. The number of benzene rings is 1. The minimum absolute atomic E-state index is 0.0926. The summed E-state index contributed by atoms with van der Waals surface area (Å²) in [7, 11) is -3.22. The number of halogens is 1. The number of carbonyl (C=O) groups excluding carboxylic acids is 1. The van der Waals surface area contributed by atoms with Crippen LogP contribution in [0, 0.1) is 0 Å². The average molecular weight is 412 g/mol. The van der Waals surface area contributed by atoms with Gasteiger partial charge in [0.2, 0.25) is 0 Å². The van der Waals surface area contributed by atoms with Crippen molar-refractivity contribution < 1.29 is 22.4 Å². The fraction of sp³-hybridized carbons (Fsp3) is 0.421. The Bertz CT molecular complexity index is 916. The largest absolute Gasteiger partial charge is 0.455 e. The van der Waals surface area contributed by atoms with E-state index in [0.29, 0.717) is 24.8 Å². The van der Waals surface area contributed by atoms with Crippen LogP contribution in [0.15, 0.2) is 40.8 Å². The number of rotatable bonds is 6. The molecule has 6 nitrogen and oxygen atoms in total. The summed E-state index contributed by atoms with van der Waals surface area (Å²) in [5.41, 5.74) is 0.682. The van der Waals surface area contributed by atoms with Crippen molar-refractivity contribution in [3.63, 3.8) is 0 Å². The first kappa shape index (κ1) is 19.9. The van der Waals surface area contributed by atoms with E-state index in [1.807, 2.05) is 24.3 Å². The van der Waals surface area contributed by atoms with Crippen LogP contribution in [0.5, 0.6) is 0 Å². The predicted octanol–water partition coefficient (Wildman–Crippen LogP) is 2.96. The monoisotopic (exact) mass is 411 g/mol. The summed E-state index contributed by atoms with van der Waals surface area (Å²) in [5.74, 6) is -0.279. The van der Waals surface area contributed by atoms with Gasteiger partial charge in [0.25, 0.3) is 5.91 Å². The highest BCUT2D eigenvalue weighted by molar-refractivity contribution is 7.89. The van der Waals surface area contributed by atoms with E-state index in [2.05, 4.69) is 5.32 Å². The minimum Gasteiger partial charge on any atom is -0.455 e. The third kappa shape index (κ3) is 4.91. The number of carbonyl (C=O) groups is 1. The Labute approximate surface area is 163 Å². The van der Waals surface area contributed by atoms with E-state index in [-0.39, 0.29) is 28.6 Å².